The number of nitrogens with zero attached hydrogens (tertiary/aromatic N) is 1. The van der Waals surface area contributed by atoms with Gasteiger partial charge in [0.15, 0.2) is 12.0 Å². The predicted molar refractivity (Wildman–Crippen MR) is 82.7 cm³/mol. The van der Waals surface area contributed by atoms with E-state index in [1.165, 1.54) is 23.9 Å². The van der Waals surface area contributed by atoms with Crippen molar-refractivity contribution in [3.8, 4) is 11.8 Å². The third kappa shape index (κ3) is 4.52. The first-order valence-electron chi connectivity index (χ1n) is 6.44. The standard InChI is InChI=1S/C15H8F3NO4S2/c16-15(17,18)25(21,22)23-14-6-5-13(7-11(14)9-20)24-12-3-1-10(8-19)2-4-12/h1-7,9H. The van der Waals surface area contributed by atoms with Crippen molar-refractivity contribution >= 4 is 28.2 Å². The SMILES string of the molecule is N#Cc1ccc(Sc2ccc(OS(=O)(=O)C(F)(F)F)c(C=O)c2)cc1. The molecule has 130 valence electrons. The topological polar surface area (TPSA) is 84.2 Å². The Bertz CT molecular complexity index is 933. The highest BCUT2D eigenvalue weighted by Gasteiger charge is 2.48. The molecule has 0 amide bonds. The maximum absolute atomic E-state index is 12.4. The molecule has 0 aliphatic rings. The molecule has 0 bridgehead atoms. The number of alkyl halides is 3. The second-order valence-corrected chi connectivity index (χ2v) is 7.22. The molecular formula is C15H8F3NO4S2. The quantitative estimate of drug-likeness (QED) is 0.441. The summed E-state index contributed by atoms with van der Waals surface area (Å²) in [5, 5.41) is 8.73. The van der Waals surface area contributed by atoms with Crippen LogP contribution in [0.5, 0.6) is 5.75 Å². The summed E-state index contributed by atoms with van der Waals surface area (Å²) in [7, 11) is -5.86. The summed E-state index contributed by atoms with van der Waals surface area (Å²) < 4.78 is 63.1. The molecule has 0 aliphatic heterocycles. The molecule has 0 saturated carbocycles. The van der Waals surface area contributed by atoms with Gasteiger partial charge in [-0.3, -0.25) is 4.79 Å². The van der Waals surface area contributed by atoms with Gasteiger partial charge in [-0.15, -0.1) is 0 Å². The molecule has 2 rings (SSSR count). The third-order valence-corrected chi connectivity index (χ3v) is 4.77. The van der Waals surface area contributed by atoms with Gasteiger partial charge < -0.3 is 4.18 Å². The fraction of sp³-hybridized carbons (Fsp3) is 0.0667. The first-order valence-corrected chi connectivity index (χ1v) is 8.67. The number of halogens is 3. The number of rotatable bonds is 5. The van der Waals surface area contributed by atoms with E-state index >= 15 is 0 Å². The molecule has 10 heteroatoms. The molecule has 5 nitrogen and oxygen atoms in total. The minimum Gasteiger partial charge on any atom is -0.375 e. The summed E-state index contributed by atoms with van der Waals surface area (Å²) in [6.07, 6.45) is 0.198. The van der Waals surface area contributed by atoms with Gasteiger partial charge in [0.25, 0.3) is 0 Å². The number of hydrogen-bond acceptors (Lipinski definition) is 6. The zero-order chi connectivity index (χ0) is 18.7. The average molecular weight is 387 g/mol. The van der Waals surface area contributed by atoms with Crippen LogP contribution in [0.25, 0.3) is 0 Å². The highest BCUT2D eigenvalue weighted by Crippen LogP contribution is 2.33. The number of carbonyl (C=O) groups is 1. The van der Waals surface area contributed by atoms with Crippen LogP contribution in [0.4, 0.5) is 13.2 Å². The van der Waals surface area contributed by atoms with E-state index in [1.54, 1.807) is 24.3 Å². The van der Waals surface area contributed by atoms with Crippen LogP contribution in [-0.2, 0) is 10.1 Å². The highest BCUT2D eigenvalue weighted by molar-refractivity contribution is 7.99. The van der Waals surface area contributed by atoms with E-state index in [1.807, 2.05) is 6.07 Å². The van der Waals surface area contributed by atoms with Crippen molar-refractivity contribution < 1.29 is 30.6 Å². The molecule has 0 unspecified atom stereocenters. The number of nitriles is 1. The predicted octanol–water partition coefficient (Wildman–Crippen LogP) is 3.75. The zero-order valence-electron chi connectivity index (χ0n) is 12.1. The summed E-state index contributed by atoms with van der Waals surface area (Å²) in [6, 6.07) is 11.9. The fourth-order valence-electron chi connectivity index (χ4n) is 1.66. The van der Waals surface area contributed by atoms with Gasteiger partial charge in [-0.2, -0.15) is 26.9 Å². The molecule has 0 aromatic heterocycles. The Balaban J connectivity index is 2.27. The van der Waals surface area contributed by atoms with E-state index in [-0.39, 0.29) is 11.8 Å². The molecule has 0 atom stereocenters. The average Bonchev–Trinajstić information content (AvgIpc) is 2.55. The molecular weight excluding hydrogens is 379 g/mol. The zero-order valence-corrected chi connectivity index (χ0v) is 13.8. The molecule has 2 aromatic carbocycles. The van der Waals surface area contributed by atoms with Crippen LogP contribution >= 0.6 is 11.8 Å². The smallest absolute Gasteiger partial charge is 0.375 e. The Morgan fingerprint density at radius 2 is 1.68 bits per heavy atom. The monoisotopic (exact) mass is 387 g/mol. The van der Waals surface area contributed by atoms with Crippen LogP contribution in [0.1, 0.15) is 15.9 Å². The van der Waals surface area contributed by atoms with Gasteiger partial charge >= 0.3 is 15.6 Å². The Morgan fingerprint density at radius 3 is 2.20 bits per heavy atom. The van der Waals surface area contributed by atoms with Crippen molar-refractivity contribution in [2.45, 2.75) is 15.3 Å². The third-order valence-electron chi connectivity index (χ3n) is 2.81. The molecule has 0 saturated heterocycles. The number of carbonyl (C=O) groups excluding carboxylic acids is 1. The van der Waals surface area contributed by atoms with Gasteiger partial charge in [0.1, 0.15) is 0 Å². The molecule has 0 fully saturated rings. The summed E-state index contributed by atoms with van der Waals surface area (Å²) in [6.45, 7) is 0. The second-order valence-electron chi connectivity index (χ2n) is 4.54. The van der Waals surface area contributed by atoms with E-state index in [9.17, 15) is 26.4 Å². The largest absolute Gasteiger partial charge is 0.534 e. The first kappa shape index (κ1) is 18.8. The number of benzene rings is 2. The molecule has 2 aromatic rings. The number of aldehydes is 1. The van der Waals surface area contributed by atoms with Crippen LogP contribution in [0.15, 0.2) is 52.3 Å². The maximum atomic E-state index is 12.4. The summed E-state index contributed by atoms with van der Waals surface area (Å²) in [5.41, 5.74) is -5.48. The molecule has 0 radical (unpaired) electrons. The van der Waals surface area contributed by atoms with Crippen molar-refractivity contribution in [2.24, 2.45) is 0 Å². The van der Waals surface area contributed by atoms with Gasteiger partial charge in [-0.05, 0) is 42.5 Å². The Hall–Kier alpha value is -2.51. The summed E-state index contributed by atoms with van der Waals surface area (Å²) >= 11 is 1.17. The van der Waals surface area contributed by atoms with Gasteiger partial charge in [0, 0.05) is 9.79 Å². The van der Waals surface area contributed by atoms with E-state index in [0.29, 0.717) is 15.4 Å². The summed E-state index contributed by atoms with van der Waals surface area (Å²) in [5.74, 6) is -0.712. The lowest BCUT2D eigenvalue weighted by Gasteiger charge is -2.11. The Labute approximate surface area is 145 Å². The highest BCUT2D eigenvalue weighted by atomic mass is 32.2. The molecule has 0 aliphatic carbocycles. The molecule has 0 spiro atoms. The second kappa shape index (κ2) is 7.16. The maximum Gasteiger partial charge on any atom is 0.534 e. The first-order chi connectivity index (χ1) is 11.7. The van der Waals surface area contributed by atoms with Crippen LogP contribution in [0.3, 0.4) is 0 Å². The Morgan fingerprint density at radius 1 is 1.08 bits per heavy atom. The Kier molecular flexibility index (Phi) is 5.39. The van der Waals surface area contributed by atoms with Gasteiger partial charge in [-0.25, -0.2) is 0 Å². The van der Waals surface area contributed by atoms with Crippen molar-refractivity contribution in [1.29, 1.82) is 5.26 Å². The van der Waals surface area contributed by atoms with Crippen LogP contribution in [0.2, 0.25) is 0 Å². The lowest BCUT2D eigenvalue weighted by Crippen LogP contribution is -2.28. The van der Waals surface area contributed by atoms with Gasteiger partial charge in [0.2, 0.25) is 0 Å². The fourth-order valence-corrected chi connectivity index (χ4v) is 3.01. The van der Waals surface area contributed by atoms with Gasteiger partial charge in [-0.1, -0.05) is 11.8 Å². The minimum atomic E-state index is -5.86. The van der Waals surface area contributed by atoms with E-state index in [0.717, 1.165) is 6.07 Å². The van der Waals surface area contributed by atoms with Crippen molar-refractivity contribution in [2.75, 3.05) is 0 Å². The van der Waals surface area contributed by atoms with Crippen molar-refractivity contribution in [3.05, 3.63) is 53.6 Å². The summed E-state index contributed by atoms with van der Waals surface area (Å²) in [4.78, 5) is 12.2. The normalized spacial score (nSPS) is 11.6. The number of hydrogen-bond donors (Lipinski definition) is 0. The van der Waals surface area contributed by atoms with Gasteiger partial charge in [0.05, 0.1) is 17.2 Å². The van der Waals surface area contributed by atoms with E-state index < -0.39 is 21.4 Å². The lowest BCUT2D eigenvalue weighted by molar-refractivity contribution is -0.0500. The van der Waals surface area contributed by atoms with E-state index in [4.69, 9.17) is 5.26 Å². The lowest BCUT2D eigenvalue weighted by atomic mass is 10.2. The van der Waals surface area contributed by atoms with Crippen LogP contribution in [-0.4, -0.2) is 20.2 Å². The van der Waals surface area contributed by atoms with Crippen LogP contribution < -0.4 is 4.18 Å². The minimum absolute atomic E-state index is 0.198. The van der Waals surface area contributed by atoms with E-state index in [2.05, 4.69) is 4.18 Å². The molecule has 0 N–H and O–H groups in total. The molecule has 0 heterocycles. The van der Waals surface area contributed by atoms with Crippen molar-refractivity contribution in [1.82, 2.24) is 0 Å². The molecule has 25 heavy (non-hydrogen) atoms. The van der Waals surface area contributed by atoms with Crippen molar-refractivity contribution in [3.63, 3.8) is 0 Å². The van der Waals surface area contributed by atoms with Crippen LogP contribution in [0, 0.1) is 11.3 Å².